The molecule has 2 atom stereocenters. The van der Waals surface area contributed by atoms with E-state index in [0.717, 1.165) is 0 Å². The summed E-state index contributed by atoms with van der Waals surface area (Å²) in [6.45, 7) is 0. The molecular weight excluding hydrogens is 638 g/mol. The van der Waals surface area contributed by atoms with Crippen LogP contribution >= 0.6 is 0 Å². The molecule has 0 aliphatic heterocycles. The van der Waals surface area contributed by atoms with Crippen molar-refractivity contribution in [3.8, 4) is 11.5 Å². The van der Waals surface area contributed by atoms with Gasteiger partial charge in [0.25, 0.3) is 20.8 Å². The Balaban J connectivity index is 0.000000642. The van der Waals surface area contributed by atoms with Crippen LogP contribution in [0.15, 0.2) is 48.5 Å². The fourth-order valence-electron chi connectivity index (χ4n) is 2.28. The minimum atomic E-state index is -4.80. The molecule has 2 rings (SSSR count). The van der Waals surface area contributed by atoms with Gasteiger partial charge < -0.3 is 39.2 Å². The molecule has 2 aromatic carbocycles. The number of hydrogen-bond donors (Lipinski definition) is 4. The Kier molecular flexibility index (Phi) is 14.0. The number of carboxylic acids is 2. The first-order chi connectivity index (χ1) is 15.6. The number of carbonyl (C=O) groups is 2. The smallest absolute Gasteiger partial charge is 0.716 e. The van der Waals surface area contributed by atoms with Crippen LogP contribution in [0.2, 0.25) is 0 Å². The van der Waals surface area contributed by atoms with Crippen molar-refractivity contribution in [1.29, 1.82) is 0 Å². The molecule has 35 heavy (non-hydrogen) atoms. The van der Waals surface area contributed by atoms with Crippen molar-refractivity contribution in [1.82, 2.24) is 0 Å². The van der Waals surface area contributed by atoms with E-state index in [1.54, 1.807) is 0 Å². The number of rotatable bonds is 10. The molecule has 0 aliphatic rings. The van der Waals surface area contributed by atoms with E-state index in [-0.39, 0.29) is 73.2 Å². The molecule has 0 spiro atoms. The van der Waals surface area contributed by atoms with Crippen molar-refractivity contribution in [2.45, 2.75) is 24.9 Å². The van der Waals surface area contributed by atoms with Crippen molar-refractivity contribution in [3.63, 3.8) is 0 Å². The molecular formula is C18H20BaN2O12S2. The summed E-state index contributed by atoms with van der Waals surface area (Å²) >= 11 is 0. The van der Waals surface area contributed by atoms with Gasteiger partial charge in [-0.05, 0) is 48.2 Å². The third kappa shape index (κ3) is 15.1. The van der Waals surface area contributed by atoms with Crippen molar-refractivity contribution >= 4 is 81.6 Å². The molecule has 0 amide bonds. The van der Waals surface area contributed by atoms with E-state index in [1.165, 1.54) is 48.5 Å². The summed E-state index contributed by atoms with van der Waals surface area (Å²) in [6, 6.07) is 8.66. The summed E-state index contributed by atoms with van der Waals surface area (Å²) in [7, 11) is -9.59. The molecule has 0 bridgehead atoms. The summed E-state index contributed by atoms with van der Waals surface area (Å²) in [4.78, 5) is 21.0. The van der Waals surface area contributed by atoms with Crippen LogP contribution in [0.5, 0.6) is 11.5 Å². The second-order valence-electron chi connectivity index (χ2n) is 6.57. The topological polar surface area (TPSA) is 260 Å². The second-order valence-corrected chi connectivity index (χ2v) is 8.54. The first kappa shape index (κ1) is 33.3. The van der Waals surface area contributed by atoms with E-state index in [4.69, 9.17) is 21.7 Å². The van der Waals surface area contributed by atoms with Crippen LogP contribution in [0.3, 0.4) is 0 Å². The van der Waals surface area contributed by atoms with Gasteiger partial charge in [-0.15, -0.1) is 0 Å². The zero-order valence-corrected chi connectivity index (χ0v) is 23.9. The summed E-state index contributed by atoms with van der Waals surface area (Å²) in [5, 5.41) is 17.2. The normalized spacial score (nSPS) is 12.7. The molecule has 0 saturated carbocycles. The predicted molar refractivity (Wildman–Crippen MR) is 118 cm³/mol. The first-order valence-electron chi connectivity index (χ1n) is 9.01. The van der Waals surface area contributed by atoms with Gasteiger partial charge in [-0.1, -0.05) is 24.3 Å². The van der Waals surface area contributed by atoms with Gasteiger partial charge in [0.2, 0.25) is 0 Å². The summed E-state index contributed by atoms with van der Waals surface area (Å²) in [6.07, 6.45) is 0.194. The Labute approximate surface area is 241 Å². The minimum absolute atomic E-state index is 0. The average Bonchev–Trinajstić information content (AvgIpc) is 2.69. The molecule has 0 heterocycles. The van der Waals surface area contributed by atoms with Gasteiger partial charge in [0.05, 0.1) is 0 Å². The van der Waals surface area contributed by atoms with Crippen LogP contribution in [-0.4, -0.2) is 109 Å². The Morgan fingerprint density at radius 2 is 0.971 bits per heavy atom. The van der Waals surface area contributed by atoms with Crippen molar-refractivity contribution in [2.24, 2.45) is 11.5 Å². The van der Waals surface area contributed by atoms with E-state index in [2.05, 4.69) is 8.37 Å². The fourth-order valence-corrected chi connectivity index (χ4v) is 2.97. The largest absolute Gasteiger partial charge is 2.00 e. The van der Waals surface area contributed by atoms with Crippen molar-refractivity contribution in [2.75, 3.05) is 0 Å². The minimum Gasteiger partial charge on any atom is -0.716 e. The van der Waals surface area contributed by atoms with E-state index < -0.39 is 44.8 Å². The Hall–Kier alpha value is -1.71. The third-order valence-corrected chi connectivity index (χ3v) is 4.58. The van der Waals surface area contributed by atoms with Crippen LogP contribution in [0.1, 0.15) is 11.1 Å². The van der Waals surface area contributed by atoms with Crippen molar-refractivity contribution in [3.05, 3.63) is 59.7 Å². The number of benzene rings is 2. The molecule has 188 valence electrons. The molecule has 2 aromatic rings. The number of hydrogen-bond acceptors (Lipinski definition) is 12. The van der Waals surface area contributed by atoms with Crippen LogP contribution < -0.4 is 19.8 Å². The van der Waals surface area contributed by atoms with Gasteiger partial charge in [0.15, 0.2) is 0 Å². The van der Waals surface area contributed by atoms with E-state index in [0.29, 0.717) is 11.1 Å². The molecule has 0 fully saturated rings. The SMILES string of the molecule is N[C@@H](Cc1ccc(OS(=O)(=O)[O-])cc1)C(=O)O.N[C@@H](Cc1ccc(OS(=O)(=O)[O-])cc1)C(=O)O.[Ba+2]. The van der Waals surface area contributed by atoms with E-state index in [9.17, 15) is 35.5 Å². The number of carboxylic acid groups (broad SMARTS) is 2. The molecule has 0 unspecified atom stereocenters. The van der Waals surface area contributed by atoms with Crippen LogP contribution in [0.25, 0.3) is 0 Å². The molecule has 14 nitrogen and oxygen atoms in total. The first-order valence-corrected chi connectivity index (χ1v) is 11.7. The molecule has 0 saturated heterocycles. The van der Waals surface area contributed by atoms with Gasteiger partial charge in [-0.3, -0.25) is 9.59 Å². The predicted octanol–water partition coefficient (Wildman–Crippen LogP) is -1.42. The van der Waals surface area contributed by atoms with Gasteiger partial charge in [-0.25, -0.2) is 16.8 Å². The molecule has 17 heteroatoms. The van der Waals surface area contributed by atoms with Gasteiger partial charge >= 0.3 is 60.8 Å². The second kappa shape index (κ2) is 14.8. The number of aliphatic carboxylic acids is 2. The van der Waals surface area contributed by atoms with Gasteiger partial charge in [-0.2, -0.15) is 0 Å². The van der Waals surface area contributed by atoms with Gasteiger partial charge in [0, 0.05) is 0 Å². The Morgan fingerprint density at radius 3 is 1.17 bits per heavy atom. The maximum atomic E-state index is 10.5. The zero-order chi connectivity index (χ0) is 26.1. The monoisotopic (exact) mass is 658 g/mol. The standard InChI is InChI=1S/2C9H11NO6S.Ba/c2*10-8(9(11)12)5-6-1-3-7(4-2-6)16-17(13,14)15;/h2*1-4,8H,5,10H2,(H,11,12)(H,13,14,15);/q;;+2/p-2/t2*8-;/m00./s1. The molecule has 0 aromatic heterocycles. The van der Waals surface area contributed by atoms with Crippen LogP contribution in [-0.2, 0) is 43.2 Å². The quantitative estimate of drug-likeness (QED) is 0.130. The number of nitrogens with two attached hydrogens (primary N) is 2. The van der Waals surface area contributed by atoms with Crippen LogP contribution in [0, 0.1) is 0 Å². The van der Waals surface area contributed by atoms with Crippen LogP contribution in [0.4, 0.5) is 0 Å². The zero-order valence-electron chi connectivity index (χ0n) is 17.8. The maximum absolute atomic E-state index is 10.5. The summed E-state index contributed by atoms with van der Waals surface area (Å²) in [5.41, 5.74) is 11.8. The molecule has 0 aliphatic carbocycles. The summed E-state index contributed by atoms with van der Waals surface area (Å²) < 4.78 is 69.8. The van der Waals surface area contributed by atoms with Gasteiger partial charge in [0.1, 0.15) is 23.6 Å². The van der Waals surface area contributed by atoms with E-state index in [1.807, 2.05) is 0 Å². The molecule has 0 radical (unpaired) electrons. The average molecular weight is 658 g/mol. The third-order valence-electron chi connectivity index (χ3n) is 3.79. The Bertz CT molecular complexity index is 1090. The summed E-state index contributed by atoms with van der Waals surface area (Å²) in [5.74, 6) is -2.53. The fraction of sp³-hybridized carbons (Fsp3) is 0.222. The maximum Gasteiger partial charge on any atom is 2.00 e. The van der Waals surface area contributed by atoms with E-state index >= 15 is 0 Å². The Morgan fingerprint density at radius 1 is 0.714 bits per heavy atom. The molecule has 6 N–H and O–H groups in total. The van der Waals surface area contributed by atoms with Crippen molar-refractivity contribution < 1.29 is 54.1 Å².